The van der Waals surface area contributed by atoms with Crippen LogP contribution in [0.1, 0.15) is 55.4 Å². The van der Waals surface area contributed by atoms with E-state index in [2.05, 4.69) is 36.6 Å². The number of anilines is 1. The van der Waals surface area contributed by atoms with Gasteiger partial charge in [-0.05, 0) is 36.5 Å². The Morgan fingerprint density at radius 1 is 0.921 bits per heavy atom. The molecule has 3 aromatic rings. The van der Waals surface area contributed by atoms with Crippen molar-refractivity contribution in [2.24, 2.45) is 4.99 Å². The molecule has 0 saturated carbocycles. The average molecular weight is 511 g/mol. The third kappa shape index (κ3) is 6.17. The van der Waals surface area contributed by atoms with E-state index in [0.717, 1.165) is 16.7 Å². The van der Waals surface area contributed by atoms with Gasteiger partial charge in [-0.2, -0.15) is 0 Å². The lowest BCUT2D eigenvalue weighted by Gasteiger charge is -2.22. The van der Waals surface area contributed by atoms with Gasteiger partial charge in [-0.3, -0.25) is 14.4 Å². The molecule has 0 radical (unpaired) electrons. The van der Waals surface area contributed by atoms with E-state index in [1.807, 2.05) is 66.7 Å². The topological polar surface area (TPSA) is 90.9 Å². The summed E-state index contributed by atoms with van der Waals surface area (Å²) in [5, 5.41) is 5.48. The van der Waals surface area contributed by atoms with E-state index in [0.29, 0.717) is 23.7 Å². The Morgan fingerprint density at radius 3 is 2.26 bits per heavy atom. The highest BCUT2D eigenvalue weighted by atomic mass is 16.2. The summed E-state index contributed by atoms with van der Waals surface area (Å²) in [6.45, 7) is 5.89. The van der Waals surface area contributed by atoms with Crippen molar-refractivity contribution in [1.29, 1.82) is 0 Å². The van der Waals surface area contributed by atoms with Gasteiger partial charge >= 0.3 is 0 Å². The summed E-state index contributed by atoms with van der Waals surface area (Å²) in [6.07, 6.45) is -0.295. The number of carbonyl (C=O) groups excluding carboxylic acids is 3. The summed E-state index contributed by atoms with van der Waals surface area (Å²) in [5.41, 5.74) is 5.28. The lowest BCUT2D eigenvalue weighted by atomic mass is 10.0. The van der Waals surface area contributed by atoms with Crippen molar-refractivity contribution in [1.82, 2.24) is 10.6 Å². The number of aliphatic imine (C=N–C) groups is 1. The van der Waals surface area contributed by atoms with Crippen molar-refractivity contribution in [3.63, 3.8) is 0 Å². The molecular weight excluding hydrogens is 476 g/mol. The number of carbonyl (C=O) groups is 3. The summed E-state index contributed by atoms with van der Waals surface area (Å²) in [4.78, 5) is 45.1. The first-order valence-corrected chi connectivity index (χ1v) is 12.9. The monoisotopic (exact) mass is 510 g/mol. The second kappa shape index (κ2) is 11.9. The summed E-state index contributed by atoms with van der Waals surface area (Å²) in [6, 6.07) is 24.5. The first-order chi connectivity index (χ1) is 18.2. The Morgan fingerprint density at radius 2 is 1.58 bits per heavy atom. The van der Waals surface area contributed by atoms with Crippen LogP contribution in [0.25, 0.3) is 0 Å². The number of nitrogens with one attached hydrogen (secondary N) is 2. The van der Waals surface area contributed by atoms with Gasteiger partial charge in [0.15, 0.2) is 0 Å². The van der Waals surface area contributed by atoms with Crippen LogP contribution in [0.3, 0.4) is 0 Å². The van der Waals surface area contributed by atoms with Gasteiger partial charge < -0.3 is 15.5 Å². The minimum Gasteiger partial charge on any atom is -0.345 e. The van der Waals surface area contributed by atoms with Gasteiger partial charge in [0.1, 0.15) is 6.04 Å². The largest absolute Gasteiger partial charge is 0.345 e. The molecule has 1 heterocycles. The van der Waals surface area contributed by atoms with Crippen molar-refractivity contribution in [2.45, 2.75) is 51.7 Å². The number of fused-ring (bicyclic) bond motifs is 1. The summed E-state index contributed by atoms with van der Waals surface area (Å²) in [7, 11) is 1.67. The molecule has 7 heteroatoms. The minimum absolute atomic E-state index is 0.231. The SMILES string of the molecule is CC(C)c1ccc(CCC(=O)N[C@@H](C)C(=O)N[C@H]2N=C(c3ccccc3)c3ccccc3N(C)C2=O)cc1. The summed E-state index contributed by atoms with van der Waals surface area (Å²) in [5.74, 6) is -0.617. The molecule has 0 saturated heterocycles. The second-order valence-electron chi connectivity index (χ2n) is 9.85. The quantitative estimate of drug-likeness (QED) is 0.476. The number of amides is 3. The number of hydrogen-bond acceptors (Lipinski definition) is 4. The Kier molecular flexibility index (Phi) is 8.36. The molecule has 1 aliphatic rings. The van der Waals surface area contributed by atoms with Crippen LogP contribution in [-0.2, 0) is 20.8 Å². The normalized spacial score (nSPS) is 15.8. The molecule has 0 aromatic heterocycles. The molecule has 2 N–H and O–H groups in total. The van der Waals surface area contributed by atoms with Gasteiger partial charge in [0.05, 0.1) is 11.4 Å². The number of benzene rings is 3. The number of benzodiazepines with no additional fused rings is 1. The predicted octanol–water partition coefficient (Wildman–Crippen LogP) is 4.20. The molecule has 0 unspecified atom stereocenters. The van der Waals surface area contributed by atoms with Gasteiger partial charge in [0.2, 0.25) is 18.0 Å². The molecule has 196 valence electrons. The standard InChI is InChI=1S/C31H34N4O3/c1-20(2)23-17-14-22(15-18-23)16-19-27(36)32-21(3)30(37)34-29-31(38)35(4)26-13-9-8-12-25(26)28(33-29)24-10-6-5-7-11-24/h5-15,17-18,20-21,29H,16,19H2,1-4H3,(H,32,36)(H,34,37)/t21-,29+/m0/s1. The zero-order valence-corrected chi connectivity index (χ0v) is 22.3. The highest BCUT2D eigenvalue weighted by molar-refractivity contribution is 6.20. The van der Waals surface area contributed by atoms with Gasteiger partial charge in [-0.1, -0.05) is 86.6 Å². The van der Waals surface area contributed by atoms with Crippen molar-refractivity contribution < 1.29 is 14.4 Å². The third-order valence-corrected chi connectivity index (χ3v) is 6.73. The van der Waals surface area contributed by atoms with Gasteiger partial charge in [0, 0.05) is 24.6 Å². The highest BCUT2D eigenvalue weighted by Gasteiger charge is 2.32. The van der Waals surface area contributed by atoms with E-state index in [9.17, 15) is 14.4 Å². The fraction of sp³-hybridized carbons (Fsp3) is 0.290. The molecule has 0 aliphatic carbocycles. The maximum Gasteiger partial charge on any atom is 0.272 e. The molecule has 4 rings (SSSR count). The van der Waals surface area contributed by atoms with Crippen LogP contribution in [0.5, 0.6) is 0 Å². The highest BCUT2D eigenvalue weighted by Crippen LogP contribution is 2.27. The van der Waals surface area contributed by atoms with Crippen LogP contribution in [0.15, 0.2) is 83.9 Å². The van der Waals surface area contributed by atoms with E-state index in [1.54, 1.807) is 14.0 Å². The van der Waals surface area contributed by atoms with Crippen molar-refractivity contribution >= 4 is 29.1 Å². The van der Waals surface area contributed by atoms with Crippen LogP contribution in [0, 0.1) is 0 Å². The molecule has 38 heavy (non-hydrogen) atoms. The minimum atomic E-state index is -1.13. The van der Waals surface area contributed by atoms with Gasteiger partial charge in [0.25, 0.3) is 5.91 Å². The van der Waals surface area contributed by atoms with Crippen molar-refractivity contribution in [2.75, 3.05) is 11.9 Å². The maximum absolute atomic E-state index is 13.3. The molecule has 3 aromatic carbocycles. The van der Waals surface area contributed by atoms with Crippen LogP contribution >= 0.6 is 0 Å². The Balaban J connectivity index is 1.44. The second-order valence-corrected chi connectivity index (χ2v) is 9.85. The van der Waals surface area contributed by atoms with Gasteiger partial charge in [-0.15, -0.1) is 0 Å². The van der Waals surface area contributed by atoms with E-state index >= 15 is 0 Å². The molecule has 0 fully saturated rings. The number of likely N-dealkylation sites (N-methyl/N-ethyl adjacent to an activating group) is 1. The zero-order valence-electron chi connectivity index (χ0n) is 22.3. The van der Waals surface area contributed by atoms with E-state index < -0.39 is 18.1 Å². The van der Waals surface area contributed by atoms with Crippen LogP contribution in [-0.4, -0.2) is 42.7 Å². The molecule has 0 spiro atoms. The number of rotatable bonds is 8. The fourth-order valence-electron chi connectivity index (χ4n) is 4.41. The summed E-state index contributed by atoms with van der Waals surface area (Å²) < 4.78 is 0. The third-order valence-electron chi connectivity index (χ3n) is 6.73. The van der Waals surface area contributed by atoms with Crippen molar-refractivity contribution in [3.8, 4) is 0 Å². The predicted molar refractivity (Wildman–Crippen MR) is 150 cm³/mol. The molecule has 0 bridgehead atoms. The first-order valence-electron chi connectivity index (χ1n) is 12.9. The zero-order chi connectivity index (χ0) is 27.2. The fourth-order valence-corrected chi connectivity index (χ4v) is 4.41. The number of hydrogen-bond donors (Lipinski definition) is 2. The van der Waals surface area contributed by atoms with Crippen LogP contribution < -0.4 is 15.5 Å². The first kappa shape index (κ1) is 26.8. The molecule has 3 amide bonds. The van der Waals surface area contributed by atoms with E-state index in [1.165, 1.54) is 10.5 Å². The summed E-state index contributed by atoms with van der Waals surface area (Å²) >= 11 is 0. The molecule has 1 aliphatic heterocycles. The molecule has 7 nitrogen and oxygen atoms in total. The molecular formula is C31H34N4O3. The van der Waals surface area contributed by atoms with Crippen LogP contribution in [0.2, 0.25) is 0 Å². The van der Waals surface area contributed by atoms with E-state index in [-0.39, 0.29) is 18.2 Å². The number of aryl methyl sites for hydroxylation is 1. The van der Waals surface area contributed by atoms with Crippen molar-refractivity contribution in [3.05, 3.63) is 101 Å². The Hall–Kier alpha value is -4.26. The van der Waals surface area contributed by atoms with Gasteiger partial charge in [-0.25, -0.2) is 4.99 Å². The van der Waals surface area contributed by atoms with E-state index in [4.69, 9.17) is 4.99 Å². The average Bonchev–Trinajstić information content (AvgIpc) is 3.03. The van der Waals surface area contributed by atoms with Crippen LogP contribution in [0.4, 0.5) is 5.69 Å². The Labute approximate surface area is 224 Å². The smallest absolute Gasteiger partial charge is 0.272 e. The maximum atomic E-state index is 13.3. The molecule has 2 atom stereocenters. The number of para-hydroxylation sites is 1. The lowest BCUT2D eigenvalue weighted by Crippen LogP contribution is -2.52. The number of nitrogens with zero attached hydrogens (tertiary/aromatic N) is 2. The lowest BCUT2D eigenvalue weighted by molar-refractivity contribution is -0.130. The Bertz CT molecular complexity index is 1330.